The van der Waals surface area contributed by atoms with E-state index in [4.69, 9.17) is 5.73 Å². The van der Waals surface area contributed by atoms with Crippen LogP contribution in [0.1, 0.15) is 38.5 Å². The summed E-state index contributed by atoms with van der Waals surface area (Å²) in [6.07, 6.45) is 8.26. The summed E-state index contributed by atoms with van der Waals surface area (Å²) in [5.74, 6) is 3.42. The molecule has 0 saturated heterocycles. The number of rotatable bonds is 4. The predicted octanol–water partition coefficient (Wildman–Crippen LogP) is 3.40. The lowest BCUT2D eigenvalue weighted by molar-refractivity contribution is -0.0630. The van der Waals surface area contributed by atoms with Crippen LogP contribution in [-0.4, -0.2) is 16.0 Å². The molecule has 4 aliphatic carbocycles. The predicted molar refractivity (Wildman–Crippen MR) is 84.2 cm³/mol. The van der Waals surface area contributed by atoms with E-state index in [9.17, 15) is 4.21 Å². The molecule has 4 heteroatoms. The van der Waals surface area contributed by atoms with Crippen molar-refractivity contribution in [3.8, 4) is 0 Å². The van der Waals surface area contributed by atoms with E-state index in [0.717, 1.165) is 22.0 Å². The summed E-state index contributed by atoms with van der Waals surface area (Å²) in [7, 11) is -0.902. The van der Waals surface area contributed by atoms with Crippen molar-refractivity contribution in [2.75, 3.05) is 5.75 Å². The Hall–Kier alpha value is -0.190. The summed E-state index contributed by atoms with van der Waals surface area (Å²) in [5.41, 5.74) is 6.91. The molecule has 110 valence electrons. The van der Waals surface area contributed by atoms with Gasteiger partial charge in [-0.2, -0.15) is 0 Å². The number of nitrogens with two attached hydrogens (primary N) is 1. The van der Waals surface area contributed by atoms with Gasteiger partial charge in [0.1, 0.15) is 0 Å². The van der Waals surface area contributed by atoms with Crippen molar-refractivity contribution in [1.82, 2.24) is 0 Å². The van der Waals surface area contributed by atoms with E-state index in [1.165, 1.54) is 38.5 Å². The zero-order valence-corrected chi connectivity index (χ0v) is 13.4. The third-order valence-electron chi connectivity index (χ3n) is 5.92. The van der Waals surface area contributed by atoms with Gasteiger partial charge in [0.15, 0.2) is 0 Å². The van der Waals surface area contributed by atoms with Crippen molar-refractivity contribution >= 4 is 22.1 Å². The highest BCUT2D eigenvalue weighted by atomic mass is 32.2. The quantitative estimate of drug-likeness (QED) is 0.926. The molecule has 0 radical (unpaired) electrons. The zero-order valence-electron chi connectivity index (χ0n) is 11.8. The maximum absolute atomic E-state index is 12.5. The maximum atomic E-state index is 12.5. The van der Waals surface area contributed by atoms with Gasteiger partial charge >= 0.3 is 0 Å². The lowest BCUT2D eigenvalue weighted by Crippen LogP contribution is -2.56. The molecule has 1 aromatic heterocycles. The van der Waals surface area contributed by atoms with E-state index < -0.39 is 10.8 Å². The van der Waals surface area contributed by atoms with Gasteiger partial charge in [0, 0.05) is 11.8 Å². The molecule has 0 aromatic carbocycles. The molecule has 1 aromatic rings. The fourth-order valence-electron chi connectivity index (χ4n) is 5.45. The van der Waals surface area contributed by atoms with Crippen LogP contribution < -0.4 is 5.73 Å². The second-order valence-corrected chi connectivity index (χ2v) is 10.0. The number of hydrogen-bond donors (Lipinski definition) is 1. The highest BCUT2D eigenvalue weighted by Gasteiger charge is 2.53. The molecule has 2 nitrogen and oxygen atoms in total. The Bertz CT molecular complexity index is 475. The first-order valence-electron chi connectivity index (χ1n) is 7.82. The summed E-state index contributed by atoms with van der Waals surface area (Å²) in [4.78, 5) is 0. The lowest BCUT2D eigenvalue weighted by Gasteiger charge is -2.58. The van der Waals surface area contributed by atoms with Gasteiger partial charge in [-0.05, 0) is 73.1 Å². The van der Waals surface area contributed by atoms with Crippen LogP contribution in [0.4, 0.5) is 0 Å². The summed E-state index contributed by atoms with van der Waals surface area (Å²) >= 11 is 1.59. The van der Waals surface area contributed by atoms with E-state index in [2.05, 4.69) is 0 Å². The van der Waals surface area contributed by atoms with Crippen LogP contribution in [-0.2, 0) is 10.8 Å². The molecule has 4 bridgehead atoms. The van der Waals surface area contributed by atoms with Gasteiger partial charge in [-0.1, -0.05) is 6.07 Å². The van der Waals surface area contributed by atoms with Crippen LogP contribution in [0.2, 0.25) is 0 Å². The standard InChI is InChI=1S/C16H23NOS2/c17-14(10-20(18)15-2-1-3-19-15)16-7-11-4-12(8-16)6-13(5-11)9-16/h1-3,11-14H,4-10,17H2. The van der Waals surface area contributed by atoms with Gasteiger partial charge < -0.3 is 5.73 Å². The van der Waals surface area contributed by atoms with E-state index in [-0.39, 0.29) is 6.04 Å². The molecular weight excluding hydrogens is 286 g/mol. The van der Waals surface area contributed by atoms with E-state index in [1.807, 2.05) is 17.5 Å². The molecule has 0 amide bonds. The van der Waals surface area contributed by atoms with Crippen LogP contribution >= 0.6 is 11.3 Å². The number of thiophene rings is 1. The zero-order chi connectivity index (χ0) is 13.7. The van der Waals surface area contributed by atoms with Crippen molar-refractivity contribution in [2.45, 2.75) is 48.8 Å². The van der Waals surface area contributed by atoms with Gasteiger partial charge in [-0.25, -0.2) is 0 Å². The highest BCUT2D eigenvalue weighted by molar-refractivity contribution is 7.87. The second kappa shape index (κ2) is 4.92. The second-order valence-electron chi connectivity index (χ2n) is 7.33. The summed E-state index contributed by atoms with van der Waals surface area (Å²) in [6, 6.07) is 4.08. The van der Waals surface area contributed by atoms with Gasteiger partial charge in [0.2, 0.25) is 0 Å². The minimum atomic E-state index is -0.902. The van der Waals surface area contributed by atoms with Gasteiger partial charge in [-0.15, -0.1) is 11.3 Å². The topological polar surface area (TPSA) is 43.1 Å². The molecule has 20 heavy (non-hydrogen) atoms. The molecule has 2 atom stereocenters. The number of hydrogen-bond acceptors (Lipinski definition) is 3. The van der Waals surface area contributed by atoms with Crippen LogP contribution in [0.25, 0.3) is 0 Å². The minimum Gasteiger partial charge on any atom is -0.326 e. The Morgan fingerprint density at radius 2 is 1.85 bits per heavy atom. The van der Waals surface area contributed by atoms with Crippen LogP contribution in [0.3, 0.4) is 0 Å². The monoisotopic (exact) mass is 309 g/mol. The molecule has 1 heterocycles. The van der Waals surface area contributed by atoms with Gasteiger partial charge in [0.25, 0.3) is 0 Å². The average molecular weight is 310 g/mol. The first kappa shape index (κ1) is 13.5. The van der Waals surface area contributed by atoms with Crippen molar-refractivity contribution in [2.24, 2.45) is 28.9 Å². The van der Waals surface area contributed by atoms with Crippen molar-refractivity contribution < 1.29 is 4.21 Å². The van der Waals surface area contributed by atoms with Gasteiger partial charge in [0.05, 0.1) is 15.0 Å². The Labute approximate surface area is 127 Å². The van der Waals surface area contributed by atoms with Crippen molar-refractivity contribution in [1.29, 1.82) is 0 Å². The maximum Gasteiger partial charge on any atom is 0.0911 e. The smallest absolute Gasteiger partial charge is 0.0911 e. The first-order valence-corrected chi connectivity index (χ1v) is 10.0. The molecule has 4 saturated carbocycles. The van der Waals surface area contributed by atoms with Gasteiger partial charge in [-0.3, -0.25) is 4.21 Å². The average Bonchev–Trinajstić information content (AvgIpc) is 2.90. The SMILES string of the molecule is NC(CS(=O)c1cccs1)C12CC3CC(CC(C3)C1)C2. The Balaban J connectivity index is 1.51. The fraction of sp³-hybridized carbons (Fsp3) is 0.750. The molecule has 4 aliphatic rings. The Morgan fingerprint density at radius 1 is 1.25 bits per heavy atom. The minimum absolute atomic E-state index is 0.124. The molecule has 4 fully saturated rings. The summed E-state index contributed by atoms with van der Waals surface area (Å²) in [6.45, 7) is 0. The summed E-state index contributed by atoms with van der Waals surface area (Å²) in [5, 5.41) is 2.00. The van der Waals surface area contributed by atoms with Crippen LogP contribution in [0.5, 0.6) is 0 Å². The molecule has 2 unspecified atom stereocenters. The lowest BCUT2D eigenvalue weighted by atomic mass is 9.48. The van der Waals surface area contributed by atoms with E-state index >= 15 is 0 Å². The largest absolute Gasteiger partial charge is 0.326 e. The third-order valence-corrected chi connectivity index (χ3v) is 8.68. The molecular formula is C16H23NOS2. The molecule has 0 aliphatic heterocycles. The Morgan fingerprint density at radius 3 is 2.35 bits per heavy atom. The highest BCUT2D eigenvalue weighted by Crippen LogP contribution is 2.61. The molecule has 5 rings (SSSR count). The fourth-order valence-corrected chi connectivity index (χ4v) is 7.77. The summed E-state index contributed by atoms with van der Waals surface area (Å²) < 4.78 is 13.4. The van der Waals surface area contributed by atoms with Crippen LogP contribution in [0, 0.1) is 23.2 Å². The first-order chi connectivity index (χ1) is 9.64. The van der Waals surface area contributed by atoms with Crippen molar-refractivity contribution in [3.05, 3.63) is 17.5 Å². The van der Waals surface area contributed by atoms with E-state index in [0.29, 0.717) is 11.2 Å². The molecule has 0 spiro atoms. The molecule has 2 N–H and O–H groups in total. The van der Waals surface area contributed by atoms with Crippen LogP contribution in [0.15, 0.2) is 21.7 Å². The normalized spacial score (nSPS) is 41.8. The Kier molecular flexibility index (Phi) is 3.32. The van der Waals surface area contributed by atoms with Crippen molar-refractivity contribution in [3.63, 3.8) is 0 Å². The third kappa shape index (κ3) is 2.20. The van der Waals surface area contributed by atoms with E-state index in [1.54, 1.807) is 11.3 Å².